The molecule has 1 aliphatic rings. The first-order valence-electron chi connectivity index (χ1n) is 8.37. The summed E-state index contributed by atoms with van der Waals surface area (Å²) in [5.41, 5.74) is 8.08. The molecule has 134 valence electrons. The Hall–Kier alpha value is -1.86. The van der Waals surface area contributed by atoms with Gasteiger partial charge < -0.3 is 10.7 Å². The second-order valence-electron chi connectivity index (χ2n) is 6.73. The number of benzene rings is 1. The van der Waals surface area contributed by atoms with Crippen molar-refractivity contribution >= 4 is 35.0 Å². The largest absolute Gasteiger partial charge is 0.383 e. The molecule has 1 aromatic heterocycles. The van der Waals surface area contributed by atoms with Crippen LogP contribution in [-0.4, -0.2) is 41.6 Å². The van der Waals surface area contributed by atoms with Gasteiger partial charge in [0.25, 0.3) is 0 Å². The third kappa shape index (κ3) is 3.57. The zero-order chi connectivity index (χ0) is 18.1. The van der Waals surface area contributed by atoms with Crippen LogP contribution in [-0.2, 0) is 0 Å². The fourth-order valence-electron chi connectivity index (χ4n) is 3.32. The van der Waals surface area contributed by atoms with E-state index in [0.717, 1.165) is 27.5 Å². The fourth-order valence-corrected chi connectivity index (χ4v) is 4.27. The van der Waals surface area contributed by atoms with E-state index in [4.69, 9.17) is 5.73 Å². The topological polar surface area (TPSA) is 69.8 Å². The maximum absolute atomic E-state index is 14.4. The minimum absolute atomic E-state index is 0.278. The Morgan fingerprint density at radius 3 is 2.80 bits per heavy atom. The highest BCUT2D eigenvalue weighted by Gasteiger charge is 2.29. The number of halogens is 1. The second-order valence-corrected chi connectivity index (χ2v) is 7.93. The third-order valence-electron chi connectivity index (χ3n) is 4.71. The molecule has 25 heavy (non-hydrogen) atoms. The molecular formula is C18H24FN5S. The Labute approximate surface area is 151 Å². The lowest BCUT2D eigenvalue weighted by molar-refractivity contribution is 0.189. The maximum atomic E-state index is 14.4. The summed E-state index contributed by atoms with van der Waals surface area (Å²) in [7, 11) is 3.72. The van der Waals surface area contributed by atoms with Gasteiger partial charge in [-0.05, 0) is 62.4 Å². The Morgan fingerprint density at radius 1 is 1.44 bits per heavy atom. The molecule has 3 rings (SSSR count). The predicted molar refractivity (Wildman–Crippen MR) is 104 cm³/mol. The zero-order valence-corrected chi connectivity index (χ0v) is 15.8. The lowest BCUT2D eigenvalue weighted by atomic mass is 9.82. The van der Waals surface area contributed by atoms with Gasteiger partial charge in [-0.3, -0.25) is 4.99 Å². The molecule has 1 heterocycles. The Bertz CT molecular complexity index is 836. The highest BCUT2D eigenvalue weighted by atomic mass is 32.2. The fraction of sp³-hybridized carbons (Fsp3) is 0.444. The van der Waals surface area contributed by atoms with Crippen LogP contribution in [0.25, 0.3) is 10.9 Å². The SMILES string of the molecule is CN=CN=C(N)c1c(C)cc(F)c2[nH]c(SN(C)C3CC(C)C3)cc12. The first kappa shape index (κ1) is 17.9. The van der Waals surface area contributed by atoms with Crippen molar-refractivity contribution in [3.63, 3.8) is 0 Å². The van der Waals surface area contributed by atoms with Crippen LogP contribution in [0.1, 0.15) is 30.9 Å². The molecule has 1 aromatic carbocycles. The van der Waals surface area contributed by atoms with Crippen molar-refractivity contribution in [2.24, 2.45) is 21.6 Å². The first-order valence-corrected chi connectivity index (χ1v) is 9.15. The molecular weight excluding hydrogens is 337 g/mol. The van der Waals surface area contributed by atoms with Crippen molar-refractivity contribution in [3.8, 4) is 0 Å². The van der Waals surface area contributed by atoms with E-state index in [2.05, 4.69) is 33.2 Å². The summed E-state index contributed by atoms with van der Waals surface area (Å²) in [5.74, 6) is 0.850. The minimum atomic E-state index is -0.278. The van der Waals surface area contributed by atoms with Crippen LogP contribution in [0.4, 0.5) is 4.39 Å². The van der Waals surface area contributed by atoms with Crippen molar-refractivity contribution < 1.29 is 4.39 Å². The summed E-state index contributed by atoms with van der Waals surface area (Å²) in [5, 5.41) is 1.65. The van der Waals surface area contributed by atoms with Crippen LogP contribution < -0.4 is 5.73 Å². The summed E-state index contributed by atoms with van der Waals surface area (Å²) in [6.07, 6.45) is 3.81. The molecule has 0 saturated heterocycles. The number of fused-ring (bicyclic) bond motifs is 1. The monoisotopic (exact) mass is 361 g/mol. The molecule has 0 spiro atoms. The van der Waals surface area contributed by atoms with Gasteiger partial charge in [0.05, 0.1) is 10.5 Å². The molecule has 0 unspecified atom stereocenters. The number of nitrogens with two attached hydrogens (primary N) is 1. The van der Waals surface area contributed by atoms with Crippen molar-refractivity contribution in [1.29, 1.82) is 0 Å². The summed E-state index contributed by atoms with van der Waals surface area (Å²) in [4.78, 5) is 11.2. The molecule has 2 aromatic rings. The molecule has 3 N–H and O–H groups in total. The number of hydrogen-bond donors (Lipinski definition) is 2. The number of aromatic nitrogens is 1. The highest BCUT2D eigenvalue weighted by molar-refractivity contribution is 7.97. The minimum Gasteiger partial charge on any atom is -0.383 e. The molecule has 5 nitrogen and oxygen atoms in total. The molecule has 0 bridgehead atoms. The summed E-state index contributed by atoms with van der Waals surface area (Å²) >= 11 is 1.61. The third-order valence-corrected chi connectivity index (χ3v) is 5.72. The van der Waals surface area contributed by atoms with E-state index in [-0.39, 0.29) is 5.82 Å². The van der Waals surface area contributed by atoms with Gasteiger partial charge >= 0.3 is 0 Å². The van der Waals surface area contributed by atoms with Crippen LogP contribution in [0, 0.1) is 18.7 Å². The molecule has 1 fully saturated rings. The number of hydrogen-bond acceptors (Lipinski definition) is 3. The number of rotatable bonds is 5. The van der Waals surface area contributed by atoms with Crippen molar-refractivity contribution in [2.45, 2.75) is 37.8 Å². The molecule has 1 aliphatic carbocycles. The van der Waals surface area contributed by atoms with Gasteiger partial charge in [0.2, 0.25) is 0 Å². The van der Waals surface area contributed by atoms with Gasteiger partial charge in [0, 0.05) is 24.0 Å². The van der Waals surface area contributed by atoms with Crippen molar-refractivity contribution in [2.75, 3.05) is 14.1 Å². The van der Waals surface area contributed by atoms with Crippen LogP contribution in [0.3, 0.4) is 0 Å². The van der Waals surface area contributed by atoms with Crippen molar-refractivity contribution in [3.05, 3.63) is 29.1 Å². The lowest BCUT2D eigenvalue weighted by Gasteiger charge is -2.38. The number of H-pyrrole nitrogens is 1. The van der Waals surface area contributed by atoms with E-state index in [0.29, 0.717) is 17.4 Å². The number of aliphatic imine (C=N–C) groups is 2. The number of nitrogens with one attached hydrogen (secondary N) is 1. The maximum Gasteiger partial charge on any atom is 0.147 e. The second kappa shape index (κ2) is 7.17. The van der Waals surface area contributed by atoms with Gasteiger partial charge in [-0.2, -0.15) is 0 Å². The Kier molecular flexibility index (Phi) is 5.15. The van der Waals surface area contributed by atoms with E-state index in [1.807, 2.05) is 13.0 Å². The number of amidine groups is 1. The molecule has 1 saturated carbocycles. The summed E-state index contributed by atoms with van der Waals surface area (Å²) in [6.45, 7) is 4.11. The summed E-state index contributed by atoms with van der Waals surface area (Å²) in [6, 6.07) is 4.02. The quantitative estimate of drug-likeness (QED) is 0.484. The van der Waals surface area contributed by atoms with Crippen LogP contribution in [0.5, 0.6) is 0 Å². The smallest absolute Gasteiger partial charge is 0.147 e. The zero-order valence-electron chi connectivity index (χ0n) is 15.0. The van der Waals surface area contributed by atoms with Crippen LogP contribution in [0.15, 0.2) is 27.1 Å². The van der Waals surface area contributed by atoms with E-state index in [1.165, 1.54) is 25.2 Å². The normalized spacial score (nSPS) is 21.4. The molecule has 0 aliphatic heterocycles. The van der Waals surface area contributed by atoms with Crippen molar-refractivity contribution in [1.82, 2.24) is 9.29 Å². The molecule has 0 atom stereocenters. The lowest BCUT2D eigenvalue weighted by Crippen LogP contribution is -2.37. The van der Waals surface area contributed by atoms with Gasteiger partial charge in [0.1, 0.15) is 18.0 Å². The predicted octanol–water partition coefficient (Wildman–Crippen LogP) is 3.72. The molecule has 0 amide bonds. The van der Waals surface area contributed by atoms with Gasteiger partial charge in [-0.15, -0.1) is 0 Å². The van der Waals surface area contributed by atoms with E-state index in [9.17, 15) is 4.39 Å². The molecule has 0 radical (unpaired) electrons. The summed E-state index contributed by atoms with van der Waals surface area (Å²) < 4.78 is 16.7. The van der Waals surface area contributed by atoms with Crippen LogP contribution >= 0.6 is 11.9 Å². The average molecular weight is 361 g/mol. The standard InChI is InChI=1S/C18H24FN5S/c1-10-5-12(6-10)24(4)25-15-8-13-16(18(20)22-9-21-3)11(2)7-14(19)17(13)23-15/h7-10,12,23H,5-6H2,1-4H3,(H2,20,21,22). The van der Waals surface area contributed by atoms with Gasteiger partial charge in [0.15, 0.2) is 0 Å². The van der Waals surface area contributed by atoms with E-state index < -0.39 is 0 Å². The number of aryl methyl sites for hydroxylation is 1. The molecule has 7 heteroatoms. The van der Waals surface area contributed by atoms with E-state index in [1.54, 1.807) is 19.0 Å². The first-order chi connectivity index (χ1) is 11.9. The number of aromatic amines is 1. The number of nitrogens with zero attached hydrogens (tertiary/aromatic N) is 3. The van der Waals surface area contributed by atoms with Gasteiger partial charge in [-0.25, -0.2) is 13.7 Å². The van der Waals surface area contributed by atoms with E-state index >= 15 is 0 Å². The Balaban J connectivity index is 1.97. The van der Waals surface area contributed by atoms with Crippen LogP contribution in [0.2, 0.25) is 0 Å². The van der Waals surface area contributed by atoms with Gasteiger partial charge in [-0.1, -0.05) is 6.92 Å². The highest BCUT2D eigenvalue weighted by Crippen LogP contribution is 2.37. The Morgan fingerprint density at radius 2 is 2.16 bits per heavy atom. The average Bonchev–Trinajstić information content (AvgIpc) is 2.93.